The third kappa shape index (κ3) is 4.76. The van der Waals surface area contributed by atoms with Crippen molar-refractivity contribution in [3.8, 4) is 11.5 Å². The number of halogens is 1. The molecular weight excluding hydrogens is 488 g/mol. The van der Waals surface area contributed by atoms with E-state index in [-0.39, 0.29) is 0 Å². The summed E-state index contributed by atoms with van der Waals surface area (Å²) in [4.78, 5) is 0. The molecule has 0 aliphatic carbocycles. The number of benzene rings is 3. The van der Waals surface area contributed by atoms with Gasteiger partial charge in [-0.3, -0.25) is 5.10 Å². The van der Waals surface area contributed by atoms with E-state index in [4.69, 9.17) is 21.7 Å². The van der Waals surface area contributed by atoms with Crippen LogP contribution in [0.1, 0.15) is 30.3 Å². The van der Waals surface area contributed by atoms with E-state index in [1.54, 1.807) is 18.0 Å². The molecule has 4 aromatic rings. The van der Waals surface area contributed by atoms with E-state index >= 15 is 0 Å². The Hall–Kier alpha value is -2.97. The highest BCUT2D eigenvalue weighted by Gasteiger charge is 2.12. The number of aromatic nitrogens is 3. The molecule has 0 fully saturated rings. The van der Waals surface area contributed by atoms with Crippen molar-refractivity contribution in [1.29, 1.82) is 0 Å². The molecule has 0 atom stereocenters. The van der Waals surface area contributed by atoms with E-state index in [1.165, 1.54) is 10.8 Å². The summed E-state index contributed by atoms with van der Waals surface area (Å²) in [5.74, 6) is 2.06. The lowest BCUT2D eigenvalue weighted by Crippen LogP contribution is -2.02. The molecular formula is C24H23BrN4O2S. The second-order valence-electron chi connectivity index (χ2n) is 7.20. The summed E-state index contributed by atoms with van der Waals surface area (Å²) in [5, 5.41) is 14.2. The van der Waals surface area contributed by atoms with Crippen molar-refractivity contribution >= 4 is 45.1 Å². The number of H-pyrrole nitrogens is 1. The van der Waals surface area contributed by atoms with Crippen LogP contribution < -0.4 is 9.47 Å². The van der Waals surface area contributed by atoms with E-state index in [0.717, 1.165) is 27.8 Å². The maximum Gasteiger partial charge on any atom is 0.216 e. The number of fused-ring (bicyclic) bond motifs is 1. The molecule has 0 unspecified atom stereocenters. The van der Waals surface area contributed by atoms with Crippen LogP contribution in [-0.4, -0.2) is 34.8 Å². The van der Waals surface area contributed by atoms with Gasteiger partial charge in [0.05, 0.1) is 24.4 Å². The van der Waals surface area contributed by atoms with Crippen molar-refractivity contribution in [1.82, 2.24) is 14.9 Å². The summed E-state index contributed by atoms with van der Waals surface area (Å²) in [7, 11) is 1.62. The molecule has 4 rings (SSSR count). The zero-order valence-electron chi connectivity index (χ0n) is 17.8. The Morgan fingerprint density at radius 1 is 1.19 bits per heavy atom. The van der Waals surface area contributed by atoms with Gasteiger partial charge >= 0.3 is 0 Å². The van der Waals surface area contributed by atoms with Gasteiger partial charge in [-0.2, -0.15) is 14.9 Å². The fraction of sp³-hybridized carbons (Fsp3) is 0.208. The van der Waals surface area contributed by atoms with Crippen molar-refractivity contribution in [3.63, 3.8) is 0 Å². The Kier molecular flexibility index (Phi) is 7.02. The van der Waals surface area contributed by atoms with Crippen LogP contribution in [0.15, 0.2) is 64.2 Å². The van der Waals surface area contributed by atoms with Crippen molar-refractivity contribution in [2.75, 3.05) is 13.7 Å². The predicted molar refractivity (Wildman–Crippen MR) is 134 cm³/mol. The third-order valence-corrected chi connectivity index (χ3v) is 5.82. The summed E-state index contributed by atoms with van der Waals surface area (Å²) >= 11 is 8.99. The Morgan fingerprint density at radius 3 is 2.81 bits per heavy atom. The Balaban J connectivity index is 1.64. The first-order valence-electron chi connectivity index (χ1n) is 10.3. The number of ether oxygens (including phenoxy) is 2. The van der Waals surface area contributed by atoms with Gasteiger partial charge in [-0.1, -0.05) is 49.4 Å². The van der Waals surface area contributed by atoms with E-state index < -0.39 is 0 Å². The summed E-state index contributed by atoms with van der Waals surface area (Å²) in [6.07, 6.45) is 3.24. The molecule has 1 N–H and O–H groups in total. The van der Waals surface area contributed by atoms with Crippen LogP contribution in [0.2, 0.25) is 0 Å². The monoisotopic (exact) mass is 510 g/mol. The molecule has 3 aromatic carbocycles. The average Bonchev–Trinajstić information content (AvgIpc) is 3.15. The van der Waals surface area contributed by atoms with Gasteiger partial charge in [0.25, 0.3) is 0 Å². The SMILES string of the molecule is CCCOc1c(Br)cc(/C=N/n2c(Cc3cccc4ccccc34)n[nH]c2=S)cc1OC. The summed E-state index contributed by atoms with van der Waals surface area (Å²) in [5.41, 5.74) is 2.01. The standard InChI is InChI=1S/C24H23BrN4O2S/c1-3-11-31-23-20(25)12-16(13-21(23)30-2)15-26-29-22(27-28-24(29)32)14-18-9-6-8-17-7-4-5-10-19(17)18/h4-10,12-13,15H,3,11,14H2,1-2H3,(H,28,32)/b26-15+. The third-order valence-electron chi connectivity index (χ3n) is 4.97. The molecule has 1 aromatic heterocycles. The van der Waals surface area contributed by atoms with Crippen molar-refractivity contribution in [3.05, 3.63) is 80.8 Å². The maximum absolute atomic E-state index is 5.80. The van der Waals surface area contributed by atoms with Crippen LogP contribution in [0, 0.1) is 4.77 Å². The van der Waals surface area contributed by atoms with Gasteiger partial charge in [0.2, 0.25) is 4.77 Å². The number of aromatic amines is 1. The summed E-state index contributed by atoms with van der Waals surface area (Å²) < 4.78 is 14.2. The molecule has 6 nitrogen and oxygen atoms in total. The van der Waals surface area contributed by atoms with Crippen molar-refractivity contribution < 1.29 is 9.47 Å². The first-order chi connectivity index (χ1) is 15.6. The fourth-order valence-corrected chi connectivity index (χ4v) is 4.23. The number of hydrogen-bond acceptors (Lipinski definition) is 5. The molecule has 0 spiro atoms. The molecule has 0 radical (unpaired) electrons. The first-order valence-corrected chi connectivity index (χ1v) is 11.5. The number of methoxy groups -OCH3 is 1. The van der Waals surface area contributed by atoms with Crippen molar-refractivity contribution in [2.45, 2.75) is 19.8 Å². The van der Waals surface area contributed by atoms with Crippen LogP contribution >= 0.6 is 28.1 Å². The van der Waals surface area contributed by atoms with Crippen LogP contribution in [0.25, 0.3) is 10.8 Å². The minimum absolute atomic E-state index is 0.436. The van der Waals surface area contributed by atoms with E-state index in [9.17, 15) is 0 Å². The lowest BCUT2D eigenvalue weighted by atomic mass is 10.0. The normalized spacial score (nSPS) is 11.3. The molecule has 0 aliphatic heterocycles. The second kappa shape index (κ2) is 10.1. The van der Waals surface area contributed by atoms with Crippen LogP contribution in [0.5, 0.6) is 11.5 Å². The average molecular weight is 511 g/mol. The molecule has 1 heterocycles. The minimum atomic E-state index is 0.436. The number of rotatable bonds is 8. The fourth-order valence-electron chi connectivity index (χ4n) is 3.46. The van der Waals surface area contributed by atoms with E-state index in [2.05, 4.69) is 68.5 Å². The van der Waals surface area contributed by atoms with Crippen molar-refractivity contribution in [2.24, 2.45) is 5.10 Å². The van der Waals surface area contributed by atoms with Gasteiger partial charge in [0.1, 0.15) is 0 Å². The zero-order valence-corrected chi connectivity index (χ0v) is 20.2. The first kappa shape index (κ1) is 22.2. The highest BCUT2D eigenvalue weighted by atomic mass is 79.9. The Bertz CT molecular complexity index is 1320. The van der Waals surface area contributed by atoms with E-state index in [1.807, 2.05) is 24.3 Å². The summed E-state index contributed by atoms with van der Waals surface area (Å²) in [6, 6.07) is 18.4. The smallest absolute Gasteiger partial charge is 0.216 e. The predicted octanol–water partition coefficient (Wildman–Crippen LogP) is 6.13. The largest absolute Gasteiger partial charge is 0.493 e. The highest BCUT2D eigenvalue weighted by molar-refractivity contribution is 9.10. The molecule has 32 heavy (non-hydrogen) atoms. The van der Waals surface area contributed by atoms with Crippen LogP contribution in [0.4, 0.5) is 0 Å². The molecule has 0 bridgehead atoms. The quantitative estimate of drug-likeness (QED) is 0.229. The van der Waals surface area contributed by atoms with Gasteiger partial charge in [-0.25, -0.2) is 0 Å². The van der Waals surface area contributed by atoms with Gasteiger partial charge in [-0.15, -0.1) is 0 Å². The molecule has 0 saturated heterocycles. The summed E-state index contributed by atoms with van der Waals surface area (Å²) in [6.45, 7) is 2.68. The Labute approximate surface area is 200 Å². The number of nitrogens with one attached hydrogen (secondary N) is 1. The lowest BCUT2D eigenvalue weighted by molar-refractivity contribution is 0.292. The van der Waals surface area contributed by atoms with Gasteiger partial charge in [-0.05, 0) is 68.6 Å². The molecule has 8 heteroatoms. The highest BCUT2D eigenvalue weighted by Crippen LogP contribution is 2.36. The molecule has 0 amide bonds. The van der Waals surface area contributed by atoms with Crippen LogP contribution in [-0.2, 0) is 6.42 Å². The van der Waals surface area contributed by atoms with Gasteiger partial charge in [0, 0.05) is 6.42 Å². The molecule has 0 saturated carbocycles. The second-order valence-corrected chi connectivity index (χ2v) is 8.44. The van der Waals surface area contributed by atoms with Gasteiger partial charge in [0.15, 0.2) is 17.3 Å². The molecule has 0 aliphatic rings. The van der Waals surface area contributed by atoms with Crippen LogP contribution in [0.3, 0.4) is 0 Å². The zero-order chi connectivity index (χ0) is 22.5. The van der Waals surface area contributed by atoms with Gasteiger partial charge < -0.3 is 9.47 Å². The minimum Gasteiger partial charge on any atom is -0.493 e. The van der Waals surface area contributed by atoms with E-state index in [0.29, 0.717) is 29.3 Å². The lowest BCUT2D eigenvalue weighted by Gasteiger charge is -2.12. The number of hydrogen-bond donors (Lipinski definition) is 1. The number of nitrogens with zero attached hydrogens (tertiary/aromatic N) is 3. The molecule has 164 valence electrons. The topological polar surface area (TPSA) is 64.4 Å². The Morgan fingerprint density at radius 2 is 2.00 bits per heavy atom. The maximum atomic E-state index is 5.80.